The summed E-state index contributed by atoms with van der Waals surface area (Å²) in [6, 6.07) is 20.0. The van der Waals surface area contributed by atoms with Gasteiger partial charge in [0.2, 0.25) is 0 Å². The Kier molecular flexibility index (Phi) is 7.27. The first-order valence-electron chi connectivity index (χ1n) is 8.70. The van der Waals surface area contributed by atoms with Crippen molar-refractivity contribution in [2.24, 2.45) is 5.10 Å². The van der Waals surface area contributed by atoms with Gasteiger partial charge in [0.15, 0.2) is 11.5 Å². The second kappa shape index (κ2) is 10.1. The molecule has 0 aliphatic heterocycles. The molecule has 0 radical (unpaired) electrons. The van der Waals surface area contributed by atoms with Gasteiger partial charge in [-0.25, -0.2) is 5.43 Å². The normalized spacial score (nSPS) is 10.7. The topological polar surface area (TPSA) is 59.9 Å². The van der Waals surface area contributed by atoms with E-state index in [1.165, 1.54) is 0 Å². The summed E-state index contributed by atoms with van der Waals surface area (Å²) >= 11 is 9.24. The molecule has 3 aromatic carbocycles. The molecule has 0 aromatic heterocycles. The van der Waals surface area contributed by atoms with Crippen LogP contribution in [0.2, 0.25) is 5.02 Å². The number of ether oxygens (including phenoxy) is 2. The van der Waals surface area contributed by atoms with Gasteiger partial charge in [0.05, 0.1) is 18.9 Å². The summed E-state index contributed by atoms with van der Waals surface area (Å²) in [5, 5.41) is 4.69. The van der Waals surface area contributed by atoms with Crippen molar-refractivity contribution in [3.05, 3.63) is 92.9 Å². The van der Waals surface area contributed by atoms with Crippen LogP contribution < -0.4 is 14.9 Å². The van der Waals surface area contributed by atoms with Gasteiger partial charge >= 0.3 is 0 Å². The van der Waals surface area contributed by atoms with Crippen molar-refractivity contribution in [1.82, 2.24) is 5.43 Å². The fourth-order valence-electron chi connectivity index (χ4n) is 2.50. The Labute approximate surface area is 182 Å². The zero-order valence-corrected chi connectivity index (χ0v) is 17.9. The molecule has 0 atom stereocenters. The maximum Gasteiger partial charge on any atom is 0.272 e. The molecule has 0 aliphatic carbocycles. The molecule has 1 amide bonds. The lowest BCUT2D eigenvalue weighted by Gasteiger charge is -2.11. The number of benzene rings is 3. The molecular formula is C22H18BrClN2O3. The van der Waals surface area contributed by atoms with E-state index in [1.807, 2.05) is 36.4 Å². The van der Waals surface area contributed by atoms with E-state index in [4.69, 9.17) is 21.1 Å². The van der Waals surface area contributed by atoms with Crippen LogP contribution in [-0.2, 0) is 6.61 Å². The first-order valence-corrected chi connectivity index (χ1v) is 9.87. The number of hydrogen-bond acceptors (Lipinski definition) is 4. The molecule has 0 heterocycles. The molecule has 0 bridgehead atoms. The zero-order valence-electron chi connectivity index (χ0n) is 15.6. The molecule has 1 N–H and O–H groups in total. The summed E-state index contributed by atoms with van der Waals surface area (Å²) in [5.41, 5.74) is 4.77. The van der Waals surface area contributed by atoms with Gasteiger partial charge in [-0.2, -0.15) is 5.10 Å². The van der Waals surface area contributed by atoms with E-state index in [0.29, 0.717) is 33.2 Å². The molecule has 29 heavy (non-hydrogen) atoms. The standard InChI is InChI=1S/C22H18BrClN2O3/c1-28-21-12-16(13-25-26-22(27)18-4-2-3-5-19(18)23)8-11-20(21)29-14-15-6-9-17(24)10-7-15/h2-13H,14H2,1H3,(H,26,27)/b25-13+. The lowest BCUT2D eigenvalue weighted by Crippen LogP contribution is -2.18. The SMILES string of the molecule is COc1cc(/C=N/NC(=O)c2ccccc2Br)ccc1OCc1ccc(Cl)cc1. The molecule has 0 saturated heterocycles. The van der Waals surface area contributed by atoms with Crippen LogP contribution >= 0.6 is 27.5 Å². The van der Waals surface area contributed by atoms with Gasteiger partial charge in [0.25, 0.3) is 5.91 Å². The Hall–Kier alpha value is -2.83. The maximum absolute atomic E-state index is 12.2. The predicted octanol–water partition coefficient (Wildman–Crippen LogP) is 5.45. The van der Waals surface area contributed by atoms with Crippen LogP contribution in [0.3, 0.4) is 0 Å². The molecule has 5 nitrogen and oxygen atoms in total. The summed E-state index contributed by atoms with van der Waals surface area (Å²) in [5.74, 6) is 0.875. The smallest absolute Gasteiger partial charge is 0.272 e. The van der Waals surface area contributed by atoms with E-state index in [0.717, 1.165) is 11.1 Å². The Morgan fingerprint density at radius 1 is 1.10 bits per heavy atom. The number of nitrogens with one attached hydrogen (secondary N) is 1. The fraction of sp³-hybridized carbons (Fsp3) is 0.0909. The Balaban J connectivity index is 1.63. The summed E-state index contributed by atoms with van der Waals surface area (Å²) in [6.07, 6.45) is 1.54. The van der Waals surface area contributed by atoms with Gasteiger partial charge in [0, 0.05) is 9.50 Å². The van der Waals surface area contributed by atoms with E-state index in [2.05, 4.69) is 26.5 Å². The number of hydrogen-bond donors (Lipinski definition) is 1. The number of carbonyl (C=O) groups excluding carboxylic acids is 1. The Bertz CT molecular complexity index is 1020. The van der Waals surface area contributed by atoms with Crippen LogP contribution in [0.5, 0.6) is 11.5 Å². The molecule has 0 spiro atoms. The predicted molar refractivity (Wildman–Crippen MR) is 118 cm³/mol. The highest BCUT2D eigenvalue weighted by molar-refractivity contribution is 9.10. The van der Waals surface area contributed by atoms with Gasteiger partial charge in [-0.15, -0.1) is 0 Å². The number of nitrogens with zero attached hydrogens (tertiary/aromatic N) is 1. The Morgan fingerprint density at radius 2 is 1.86 bits per heavy atom. The minimum Gasteiger partial charge on any atom is -0.493 e. The second-order valence-electron chi connectivity index (χ2n) is 6.00. The maximum atomic E-state index is 12.2. The third-order valence-corrected chi connectivity index (χ3v) is 4.94. The van der Waals surface area contributed by atoms with Gasteiger partial charge in [-0.1, -0.05) is 35.9 Å². The molecule has 148 valence electrons. The number of carbonyl (C=O) groups is 1. The third-order valence-electron chi connectivity index (χ3n) is 3.99. The first-order chi connectivity index (χ1) is 14.1. The average Bonchev–Trinajstić information content (AvgIpc) is 2.74. The van der Waals surface area contributed by atoms with E-state index >= 15 is 0 Å². The van der Waals surface area contributed by atoms with Crippen LogP contribution in [0.15, 0.2) is 76.3 Å². The number of rotatable bonds is 7. The molecule has 3 rings (SSSR count). The second-order valence-corrected chi connectivity index (χ2v) is 7.30. The molecule has 0 fully saturated rings. The highest BCUT2D eigenvalue weighted by Gasteiger charge is 2.08. The molecule has 0 unspecified atom stereocenters. The van der Waals surface area contributed by atoms with Crippen molar-refractivity contribution in [3.63, 3.8) is 0 Å². The van der Waals surface area contributed by atoms with Crippen LogP contribution in [0.1, 0.15) is 21.5 Å². The quantitative estimate of drug-likeness (QED) is 0.366. The first kappa shape index (κ1) is 20.9. The molecule has 0 aliphatic rings. The average molecular weight is 474 g/mol. The summed E-state index contributed by atoms with van der Waals surface area (Å²) in [7, 11) is 1.57. The van der Waals surface area contributed by atoms with Crippen molar-refractivity contribution in [2.75, 3.05) is 7.11 Å². The highest BCUT2D eigenvalue weighted by Crippen LogP contribution is 2.28. The number of halogens is 2. The van der Waals surface area contributed by atoms with Crippen molar-refractivity contribution >= 4 is 39.7 Å². The van der Waals surface area contributed by atoms with Crippen molar-refractivity contribution in [2.45, 2.75) is 6.61 Å². The van der Waals surface area contributed by atoms with E-state index in [1.54, 1.807) is 43.7 Å². The van der Waals surface area contributed by atoms with E-state index < -0.39 is 0 Å². The summed E-state index contributed by atoms with van der Waals surface area (Å²) < 4.78 is 11.9. The number of amides is 1. The highest BCUT2D eigenvalue weighted by atomic mass is 79.9. The number of methoxy groups -OCH3 is 1. The van der Waals surface area contributed by atoms with Crippen LogP contribution in [0.25, 0.3) is 0 Å². The van der Waals surface area contributed by atoms with E-state index in [-0.39, 0.29) is 5.91 Å². The minimum atomic E-state index is -0.302. The number of hydrazone groups is 1. The summed E-state index contributed by atoms with van der Waals surface area (Å²) in [6.45, 7) is 0.392. The monoisotopic (exact) mass is 472 g/mol. The minimum absolute atomic E-state index is 0.302. The molecule has 7 heteroatoms. The largest absolute Gasteiger partial charge is 0.493 e. The lowest BCUT2D eigenvalue weighted by atomic mass is 10.2. The van der Waals surface area contributed by atoms with E-state index in [9.17, 15) is 4.79 Å². The van der Waals surface area contributed by atoms with Crippen molar-refractivity contribution in [1.29, 1.82) is 0 Å². The van der Waals surface area contributed by atoms with Crippen LogP contribution in [0.4, 0.5) is 0 Å². The molecule has 3 aromatic rings. The lowest BCUT2D eigenvalue weighted by molar-refractivity contribution is 0.0954. The fourth-order valence-corrected chi connectivity index (χ4v) is 3.09. The van der Waals surface area contributed by atoms with Gasteiger partial charge in [-0.3, -0.25) is 4.79 Å². The molecular weight excluding hydrogens is 456 g/mol. The molecule has 0 saturated carbocycles. The third kappa shape index (κ3) is 5.82. The van der Waals surface area contributed by atoms with Gasteiger partial charge in [0.1, 0.15) is 6.61 Å². The van der Waals surface area contributed by atoms with Gasteiger partial charge < -0.3 is 9.47 Å². The zero-order chi connectivity index (χ0) is 20.6. The van der Waals surface area contributed by atoms with Crippen LogP contribution in [0, 0.1) is 0 Å². The summed E-state index contributed by atoms with van der Waals surface area (Å²) in [4.78, 5) is 12.2. The van der Waals surface area contributed by atoms with Crippen molar-refractivity contribution in [3.8, 4) is 11.5 Å². The van der Waals surface area contributed by atoms with Crippen LogP contribution in [-0.4, -0.2) is 19.2 Å². The van der Waals surface area contributed by atoms with Crippen molar-refractivity contribution < 1.29 is 14.3 Å². The Morgan fingerprint density at radius 3 is 2.59 bits per heavy atom. The van der Waals surface area contributed by atoms with Gasteiger partial charge in [-0.05, 0) is 69.5 Å².